The number of anilines is 1. The molecule has 0 radical (unpaired) electrons. The van der Waals surface area contributed by atoms with E-state index in [-0.39, 0.29) is 11.5 Å². The van der Waals surface area contributed by atoms with Crippen LogP contribution >= 0.6 is 0 Å². The molecule has 2 aromatic rings. The number of hydrogen-bond acceptors (Lipinski definition) is 6. The first-order valence-electron chi connectivity index (χ1n) is 6.65. The summed E-state index contributed by atoms with van der Waals surface area (Å²) < 4.78 is 1.39. The van der Waals surface area contributed by atoms with Gasteiger partial charge in [0.1, 0.15) is 5.82 Å². The molecular formula is C12H18N6O. The number of aromatic nitrogens is 5. The minimum absolute atomic E-state index is 0.0878. The van der Waals surface area contributed by atoms with Crippen LogP contribution in [0.4, 0.5) is 5.82 Å². The van der Waals surface area contributed by atoms with Crippen molar-refractivity contribution >= 4 is 11.5 Å². The van der Waals surface area contributed by atoms with Gasteiger partial charge in [0.2, 0.25) is 0 Å². The second-order valence-corrected chi connectivity index (χ2v) is 5.51. The second-order valence-electron chi connectivity index (χ2n) is 5.51. The largest absolute Gasteiger partial charge is 0.392 e. The highest BCUT2D eigenvalue weighted by molar-refractivity contribution is 5.42. The zero-order chi connectivity index (χ0) is 13.3. The van der Waals surface area contributed by atoms with Gasteiger partial charge in [-0.05, 0) is 35.4 Å². The second kappa shape index (κ2) is 4.73. The molecule has 7 nitrogen and oxygen atoms in total. The van der Waals surface area contributed by atoms with E-state index in [0.29, 0.717) is 12.2 Å². The van der Waals surface area contributed by atoms with E-state index in [0.717, 1.165) is 25.1 Å². The zero-order valence-electron chi connectivity index (χ0n) is 11.0. The van der Waals surface area contributed by atoms with Crippen LogP contribution in [0.25, 0.3) is 5.65 Å². The van der Waals surface area contributed by atoms with Gasteiger partial charge in [-0.3, -0.25) is 0 Å². The van der Waals surface area contributed by atoms with Gasteiger partial charge in [0.25, 0.3) is 0 Å². The van der Waals surface area contributed by atoms with Crippen LogP contribution in [0.5, 0.6) is 0 Å². The van der Waals surface area contributed by atoms with Crippen molar-refractivity contribution in [1.29, 1.82) is 0 Å². The molecule has 7 heteroatoms. The summed E-state index contributed by atoms with van der Waals surface area (Å²) in [5.41, 5.74) is 0.532. The predicted octanol–water partition coefficient (Wildman–Crippen LogP) is 0.872. The normalized spacial score (nSPS) is 27.6. The van der Waals surface area contributed by atoms with E-state index in [1.807, 2.05) is 12.1 Å². The Balaban J connectivity index is 1.70. The number of nitrogens with one attached hydrogen (secondary N) is 1. The molecule has 1 aliphatic rings. The molecule has 2 aromatic heterocycles. The highest BCUT2D eigenvalue weighted by Crippen LogP contribution is 2.36. The van der Waals surface area contributed by atoms with Crippen molar-refractivity contribution in [3.63, 3.8) is 0 Å². The SMILES string of the molecule is CC1(CNc2ccc3nnnn3n2)CCCCC1O. The van der Waals surface area contributed by atoms with Gasteiger partial charge in [-0.2, -0.15) is 0 Å². The summed E-state index contributed by atoms with van der Waals surface area (Å²) in [6.45, 7) is 2.83. The number of nitrogens with zero attached hydrogens (tertiary/aromatic N) is 5. The highest BCUT2D eigenvalue weighted by Gasteiger charge is 2.35. The number of aliphatic hydroxyl groups is 1. The molecule has 0 saturated heterocycles. The van der Waals surface area contributed by atoms with Crippen LogP contribution in [0.2, 0.25) is 0 Å². The van der Waals surface area contributed by atoms with Gasteiger partial charge in [-0.25, -0.2) is 0 Å². The Morgan fingerprint density at radius 3 is 3.21 bits per heavy atom. The molecular weight excluding hydrogens is 244 g/mol. The Kier molecular flexibility index (Phi) is 3.06. The van der Waals surface area contributed by atoms with Crippen LogP contribution in [0, 0.1) is 5.41 Å². The van der Waals surface area contributed by atoms with Gasteiger partial charge >= 0.3 is 0 Å². The van der Waals surface area contributed by atoms with Gasteiger partial charge in [0.05, 0.1) is 6.10 Å². The number of aliphatic hydroxyl groups excluding tert-OH is 1. The molecule has 2 atom stereocenters. The molecule has 0 aliphatic heterocycles. The zero-order valence-corrected chi connectivity index (χ0v) is 11.0. The van der Waals surface area contributed by atoms with E-state index in [2.05, 4.69) is 32.9 Å². The van der Waals surface area contributed by atoms with E-state index in [4.69, 9.17) is 0 Å². The van der Waals surface area contributed by atoms with E-state index in [1.54, 1.807) is 0 Å². The molecule has 0 spiro atoms. The summed E-state index contributed by atoms with van der Waals surface area (Å²) in [7, 11) is 0. The summed E-state index contributed by atoms with van der Waals surface area (Å²) in [5, 5.41) is 28.8. The lowest BCUT2D eigenvalue weighted by atomic mass is 9.73. The van der Waals surface area contributed by atoms with Crippen LogP contribution in [-0.4, -0.2) is 43.0 Å². The Hall–Kier alpha value is -1.76. The Morgan fingerprint density at radius 1 is 1.47 bits per heavy atom. The number of rotatable bonds is 3. The fourth-order valence-electron chi connectivity index (χ4n) is 2.62. The average molecular weight is 262 g/mol. The Labute approximate surface area is 111 Å². The maximum absolute atomic E-state index is 10.1. The Bertz CT molecular complexity index is 570. The molecule has 1 saturated carbocycles. The lowest BCUT2D eigenvalue weighted by Crippen LogP contribution is -2.41. The number of tetrazole rings is 1. The molecule has 0 aromatic carbocycles. The molecule has 0 amide bonds. The van der Waals surface area contributed by atoms with Gasteiger partial charge in [-0.15, -0.1) is 14.8 Å². The molecule has 2 unspecified atom stereocenters. The van der Waals surface area contributed by atoms with Gasteiger partial charge in [0, 0.05) is 12.0 Å². The van der Waals surface area contributed by atoms with Crippen molar-refractivity contribution in [1.82, 2.24) is 25.3 Å². The first kappa shape index (κ1) is 12.3. The van der Waals surface area contributed by atoms with Crippen LogP contribution < -0.4 is 5.32 Å². The predicted molar refractivity (Wildman–Crippen MR) is 69.6 cm³/mol. The Morgan fingerprint density at radius 2 is 2.37 bits per heavy atom. The molecule has 102 valence electrons. The molecule has 1 aliphatic carbocycles. The fourth-order valence-corrected chi connectivity index (χ4v) is 2.62. The minimum Gasteiger partial charge on any atom is -0.392 e. The smallest absolute Gasteiger partial charge is 0.200 e. The summed E-state index contributed by atoms with van der Waals surface area (Å²) in [6.07, 6.45) is 3.97. The van der Waals surface area contributed by atoms with Crippen LogP contribution in [0.15, 0.2) is 12.1 Å². The van der Waals surface area contributed by atoms with E-state index >= 15 is 0 Å². The third-order valence-electron chi connectivity index (χ3n) is 4.02. The lowest BCUT2D eigenvalue weighted by Gasteiger charge is -2.38. The quantitative estimate of drug-likeness (QED) is 0.853. The van der Waals surface area contributed by atoms with Crippen LogP contribution in [-0.2, 0) is 0 Å². The van der Waals surface area contributed by atoms with Crippen molar-refractivity contribution in [2.75, 3.05) is 11.9 Å². The third kappa shape index (κ3) is 2.37. The summed E-state index contributed by atoms with van der Waals surface area (Å²) in [5.74, 6) is 0.721. The van der Waals surface area contributed by atoms with Crippen molar-refractivity contribution in [2.24, 2.45) is 5.41 Å². The summed E-state index contributed by atoms with van der Waals surface area (Å²) in [6, 6.07) is 3.67. The van der Waals surface area contributed by atoms with Crippen LogP contribution in [0.1, 0.15) is 32.6 Å². The maximum Gasteiger partial charge on any atom is 0.200 e. The number of fused-ring (bicyclic) bond motifs is 1. The van der Waals surface area contributed by atoms with Crippen molar-refractivity contribution in [3.05, 3.63) is 12.1 Å². The van der Waals surface area contributed by atoms with Crippen LogP contribution in [0.3, 0.4) is 0 Å². The fraction of sp³-hybridized carbons (Fsp3) is 0.667. The lowest BCUT2D eigenvalue weighted by molar-refractivity contribution is 0.00957. The number of hydrogen-bond donors (Lipinski definition) is 2. The van der Waals surface area contributed by atoms with Crippen molar-refractivity contribution < 1.29 is 5.11 Å². The van der Waals surface area contributed by atoms with E-state index in [9.17, 15) is 5.11 Å². The summed E-state index contributed by atoms with van der Waals surface area (Å²) in [4.78, 5) is 0. The standard InChI is InChI=1S/C12H18N6O/c1-12(7-3-2-4-9(12)19)8-13-10-5-6-11-14-16-17-18(11)15-10/h5-6,9,19H,2-4,7-8H2,1H3,(H,13,15). The van der Waals surface area contributed by atoms with Gasteiger partial charge in [0.15, 0.2) is 5.65 Å². The molecule has 0 bridgehead atoms. The molecule has 1 fully saturated rings. The van der Waals surface area contributed by atoms with Gasteiger partial charge in [-0.1, -0.05) is 19.8 Å². The third-order valence-corrected chi connectivity index (χ3v) is 4.02. The highest BCUT2D eigenvalue weighted by atomic mass is 16.3. The monoisotopic (exact) mass is 262 g/mol. The molecule has 19 heavy (non-hydrogen) atoms. The molecule has 2 heterocycles. The van der Waals surface area contributed by atoms with Crippen molar-refractivity contribution in [3.8, 4) is 0 Å². The molecule has 3 rings (SSSR count). The average Bonchev–Trinajstić information content (AvgIpc) is 2.88. The van der Waals surface area contributed by atoms with Crippen molar-refractivity contribution in [2.45, 2.75) is 38.7 Å². The first-order chi connectivity index (χ1) is 9.17. The summed E-state index contributed by atoms with van der Waals surface area (Å²) >= 11 is 0. The molecule has 2 N–H and O–H groups in total. The first-order valence-corrected chi connectivity index (χ1v) is 6.65. The van der Waals surface area contributed by atoms with E-state index < -0.39 is 0 Å². The van der Waals surface area contributed by atoms with E-state index in [1.165, 1.54) is 11.1 Å². The minimum atomic E-state index is -0.245. The topological polar surface area (TPSA) is 88.2 Å². The maximum atomic E-state index is 10.1. The van der Waals surface area contributed by atoms with Gasteiger partial charge < -0.3 is 10.4 Å².